The van der Waals surface area contributed by atoms with Gasteiger partial charge >= 0.3 is 0 Å². The second-order valence-electron chi connectivity index (χ2n) is 6.83. The van der Waals surface area contributed by atoms with E-state index in [1.165, 1.54) is 4.88 Å². The van der Waals surface area contributed by atoms with Crippen molar-refractivity contribution < 1.29 is 9.53 Å². The summed E-state index contributed by atoms with van der Waals surface area (Å²) in [5.41, 5.74) is 3.22. The topological polar surface area (TPSA) is 67.0 Å². The van der Waals surface area contributed by atoms with E-state index in [-0.39, 0.29) is 17.6 Å². The highest BCUT2D eigenvalue weighted by Gasteiger charge is 2.19. The molecule has 1 aliphatic rings. The number of rotatable bonds is 7. The molecule has 0 aliphatic carbocycles. The summed E-state index contributed by atoms with van der Waals surface area (Å²) in [7, 11) is 0. The maximum Gasteiger partial charge on any atom is 0.261 e. The van der Waals surface area contributed by atoms with Crippen molar-refractivity contribution in [3.05, 3.63) is 51.0 Å². The number of aromatic nitrogens is 1. The van der Waals surface area contributed by atoms with Crippen LogP contribution in [0, 0.1) is 25.2 Å². The van der Waals surface area contributed by atoms with E-state index in [9.17, 15) is 10.1 Å². The minimum Gasteiger partial charge on any atom is -0.376 e. The predicted octanol–water partition coefficient (Wildman–Crippen LogP) is 3.61. The highest BCUT2D eigenvalue weighted by Crippen LogP contribution is 2.22. The number of aryl methyl sites for hydroxylation is 1. The molecular formula is C21H25N3O2S. The average molecular weight is 384 g/mol. The van der Waals surface area contributed by atoms with Crippen LogP contribution in [0.15, 0.2) is 29.2 Å². The molecule has 0 saturated carbocycles. The van der Waals surface area contributed by atoms with Gasteiger partial charge in [-0.05, 0) is 62.3 Å². The fourth-order valence-electron chi connectivity index (χ4n) is 3.40. The van der Waals surface area contributed by atoms with Crippen molar-refractivity contribution in [3.63, 3.8) is 0 Å². The minimum atomic E-state index is -0.321. The molecule has 0 spiro atoms. The van der Waals surface area contributed by atoms with Crippen molar-refractivity contribution in [2.45, 2.75) is 45.8 Å². The van der Waals surface area contributed by atoms with Crippen LogP contribution in [0.1, 0.15) is 34.7 Å². The van der Waals surface area contributed by atoms with Crippen LogP contribution in [0.25, 0.3) is 6.08 Å². The molecule has 2 aromatic heterocycles. The summed E-state index contributed by atoms with van der Waals surface area (Å²) in [6.07, 6.45) is 4.91. The van der Waals surface area contributed by atoms with Crippen LogP contribution in [-0.2, 0) is 22.5 Å². The number of nitrogens with zero attached hydrogens (tertiary/aromatic N) is 2. The first-order valence-corrected chi connectivity index (χ1v) is 10.2. The van der Waals surface area contributed by atoms with Crippen molar-refractivity contribution in [2.75, 3.05) is 13.2 Å². The lowest BCUT2D eigenvalue weighted by Gasteiger charge is -2.14. The van der Waals surface area contributed by atoms with E-state index in [1.54, 1.807) is 17.4 Å². The maximum absolute atomic E-state index is 12.4. The van der Waals surface area contributed by atoms with Gasteiger partial charge in [-0.1, -0.05) is 6.07 Å². The van der Waals surface area contributed by atoms with Gasteiger partial charge in [-0.2, -0.15) is 5.26 Å². The standard InChI is InChI=1S/C21H25N3O2S/c1-15-11-17(16(2)24(15)14-19-5-3-9-26-19)12-18(13-22)21(25)23-8-7-20-6-4-10-27-20/h4,6,10-12,19H,3,5,7-9,14H2,1-2H3,(H,23,25). The third-order valence-corrected chi connectivity index (χ3v) is 5.86. The summed E-state index contributed by atoms with van der Waals surface area (Å²) >= 11 is 1.67. The van der Waals surface area contributed by atoms with Gasteiger partial charge in [-0.15, -0.1) is 11.3 Å². The SMILES string of the molecule is Cc1cc(C=C(C#N)C(=O)NCCc2cccs2)c(C)n1CC1CCCO1. The number of ether oxygens (including phenoxy) is 1. The number of hydrogen-bond acceptors (Lipinski definition) is 4. The van der Waals surface area contributed by atoms with E-state index in [1.807, 2.05) is 43.5 Å². The van der Waals surface area contributed by atoms with Gasteiger partial charge in [0.15, 0.2) is 0 Å². The first kappa shape index (κ1) is 19.4. The van der Waals surface area contributed by atoms with E-state index in [4.69, 9.17) is 4.74 Å². The van der Waals surface area contributed by atoms with E-state index < -0.39 is 0 Å². The molecule has 3 rings (SSSR count). The van der Waals surface area contributed by atoms with Crippen LogP contribution >= 0.6 is 11.3 Å². The third kappa shape index (κ3) is 4.88. The quantitative estimate of drug-likeness (QED) is 0.587. The molecule has 142 valence electrons. The Morgan fingerprint density at radius 3 is 3.04 bits per heavy atom. The van der Waals surface area contributed by atoms with E-state index in [0.717, 1.165) is 49.4 Å². The molecule has 1 fully saturated rings. The number of amides is 1. The number of carbonyl (C=O) groups is 1. The molecule has 5 nitrogen and oxygen atoms in total. The largest absolute Gasteiger partial charge is 0.376 e. The van der Waals surface area contributed by atoms with Crippen LogP contribution in [0.3, 0.4) is 0 Å². The predicted molar refractivity (Wildman–Crippen MR) is 108 cm³/mol. The fraction of sp³-hybridized carbons (Fsp3) is 0.429. The van der Waals surface area contributed by atoms with Crippen molar-refractivity contribution in [1.29, 1.82) is 5.26 Å². The van der Waals surface area contributed by atoms with E-state index in [2.05, 4.69) is 9.88 Å². The maximum atomic E-state index is 12.4. The molecule has 0 bridgehead atoms. The first-order chi connectivity index (χ1) is 13.1. The fourth-order valence-corrected chi connectivity index (χ4v) is 4.11. The second kappa shape index (κ2) is 9.03. The summed E-state index contributed by atoms with van der Waals surface area (Å²) in [6.45, 7) is 6.25. The molecule has 6 heteroatoms. The van der Waals surface area contributed by atoms with Gasteiger partial charge in [0.25, 0.3) is 5.91 Å². The van der Waals surface area contributed by atoms with E-state index >= 15 is 0 Å². The van der Waals surface area contributed by atoms with Crippen molar-refractivity contribution in [2.24, 2.45) is 0 Å². The van der Waals surface area contributed by atoms with Gasteiger partial charge in [0.05, 0.1) is 6.10 Å². The summed E-state index contributed by atoms with van der Waals surface area (Å²) in [4.78, 5) is 13.6. The molecule has 27 heavy (non-hydrogen) atoms. The molecule has 1 atom stereocenters. The zero-order valence-electron chi connectivity index (χ0n) is 15.8. The van der Waals surface area contributed by atoms with Gasteiger partial charge in [0.2, 0.25) is 0 Å². The Morgan fingerprint density at radius 2 is 2.37 bits per heavy atom. The number of nitriles is 1. The van der Waals surface area contributed by atoms with Crippen molar-refractivity contribution in [3.8, 4) is 6.07 Å². The Bertz CT molecular complexity index is 853. The molecule has 3 heterocycles. The highest BCUT2D eigenvalue weighted by molar-refractivity contribution is 7.09. The van der Waals surface area contributed by atoms with Gasteiger partial charge in [-0.3, -0.25) is 4.79 Å². The molecule has 0 radical (unpaired) electrons. The van der Waals surface area contributed by atoms with Crippen LogP contribution in [0.2, 0.25) is 0 Å². The molecular weight excluding hydrogens is 358 g/mol. The number of thiophene rings is 1. The Hall–Kier alpha value is -2.36. The van der Waals surface area contributed by atoms with E-state index in [0.29, 0.717) is 6.54 Å². The highest BCUT2D eigenvalue weighted by atomic mass is 32.1. The summed E-state index contributed by atoms with van der Waals surface area (Å²) in [5, 5.41) is 14.3. The van der Waals surface area contributed by atoms with Gasteiger partial charge in [-0.25, -0.2) is 0 Å². The molecule has 1 N–H and O–H groups in total. The molecule has 2 aromatic rings. The van der Waals surface area contributed by atoms with Crippen molar-refractivity contribution in [1.82, 2.24) is 9.88 Å². The number of nitrogens with one attached hydrogen (secondary N) is 1. The first-order valence-electron chi connectivity index (χ1n) is 9.29. The summed E-state index contributed by atoms with van der Waals surface area (Å²) in [6, 6.07) is 8.11. The van der Waals surface area contributed by atoms with Crippen LogP contribution in [0.5, 0.6) is 0 Å². The Balaban J connectivity index is 1.67. The average Bonchev–Trinajstić information content (AvgIpc) is 3.39. The minimum absolute atomic E-state index is 0.138. The summed E-state index contributed by atoms with van der Waals surface area (Å²) < 4.78 is 7.95. The lowest BCUT2D eigenvalue weighted by atomic mass is 10.1. The third-order valence-electron chi connectivity index (χ3n) is 4.92. The monoisotopic (exact) mass is 383 g/mol. The molecule has 1 amide bonds. The lowest BCUT2D eigenvalue weighted by molar-refractivity contribution is -0.117. The zero-order chi connectivity index (χ0) is 19.2. The molecule has 1 aliphatic heterocycles. The van der Waals surface area contributed by atoms with Crippen LogP contribution in [0.4, 0.5) is 0 Å². The van der Waals surface area contributed by atoms with Crippen molar-refractivity contribution >= 4 is 23.3 Å². The Morgan fingerprint density at radius 1 is 1.52 bits per heavy atom. The molecule has 0 aromatic carbocycles. The Labute approximate surface area is 164 Å². The van der Waals surface area contributed by atoms with Gasteiger partial charge < -0.3 is 14.6 Å². The zero-order valence-corrected chi connectivity index (χ0v) is 16.6. The number of hydrogen-bond donors (Lipinski definition) is 1. The van der Waals surface area contributed by atoms with Gasteiger partial charge in [0, 0.05) is 36.0 Å². The van der Waals surface area contributed by atoms with Gasteiger partial charge in [0.1, 0.15) is 11.6 Å². The smallest absolute Gasteiger partial charge is 0.261 e. The number of carbonyl (C=O) groups excluding carboxylic acids is 1. The summed E-state index contributed by atoms with van der Waals surface area (Å²) in [5.74, 6) is -0.321. The second-order valence-corrected chi connectivity index (χ2v) is 7.86. The van der Waals surface area contributed by atoms with Crippen LogP contribution < -0.4 is 5.32 Å². The molecule has 1 saturated heterocycles. The Kier molecular flexibility index (Phi) is 6.49. The normalized spacial score (nSPS) is 17.1. The van der Waals surface area contributed by atoms with Crippen LogP contribution in [-0.4, -0.2) is 29.7 Å². The molecule has 1 unspecified atom stereocenters. The lowest BCUT2D eigenvalue weighted by Crippen LogP contribution is -2.26.